The Kier molecular flexibility index (Phi) is 4.42. The largest absolute Gasteiger partial charge is 0.473 e. The van der Waals surface area contributed by atoms with E-state index in [2.05, 4.69) is 10.3 Å². The maximum atomic E-state index is 12.3. The van der Waals surface area contributed by atoms with Gasteiger partial charge in [-0.2, -0.15) is 0 Å². The summed E-state index contributed by atoms with van der Waals surface area (Å²) < 4.78 is 5.58. The van der Waals surface area contributed by atoms with E-state index in [4.69, 9.17) is 10.5 Å². The highest BCUT2D eigenvalue weighted by atomic mass is 16.5. The molecule has 0 saturated carbocycles. The second-order valence-electron chi connectivity index (χ2n) is 5.11. The Morgan fingerprint density at radius 3 is 2.76 bits per heavy atom. The summed E-state index contributed by atoms with van der Waals surface area (Å²) in [5, 5.41) is 2.80. The van der Waals surface area contributed by atoms with E-state index in [9.17, 15) is 4.79 Å². The number of pyridine rings is 1. The number of aromatic nitrogens is 1. The van der Waals surface area contributed by atoms with E-state index in [0.29, 0.717) is 22.8 Å². The van der Waals surface area contributed by atoms with Gasteiger partial charge in [0.2, 0.25) is 5.88 Å². The van der Waals surface area contributed by atoms with Gasteiger partial charge in [-0.05, 0) is 56.7 Å². The second-order valence-corrected chi connectivity index (χ2v) is 5.11. The van der Waals surface area contributed by atoms with E-state index >= 15 is 0 Å². The van der Waals surface area contributed by atoms with Gasteiger partial charge < -0.3 is 15.8 Å². The molecule has 0 spiro atoms. The van der Waals surface area contributed by atoms with E-state index in [1.165, 1.54) is 0 Å². The van der Waals surface area contributed by atoms with Crippen molar-refractivity contribution in [2.75, 3.05) is 11.1 Å². The minimum atomic E-state index is -0.244. The Labute approximate surface area is 124 Å². The van der Waals surface area contributed by atoms with Crippen LogP contribution in [0.2, 0.25) is 0 Å². The molecule has 0 radical (unpaired) electrons. The van der Waals surface area contributed by atoms with Crippen molar-refractivity contribution in [1.82, 2.24) is 4.98 Å². The van der Waals surface area contributed by atoms with Crippen molar-refractivity contribution >= 4 is 17.3 Å². The molecule has 0 unspecified atom stereocenters. The van der Waals surface area contributed by atoms with Gasteiger partial charge in [0.1, 0.15) is 5.69 Å². The molecule has 0 bridgehead atoms. The van der Waals surface area contributed by atoms with E-state index in [0.717, 1.165) is 5.56 Å². The molecule has 0 aliphatic rings. The first-order valence-electron chi connectivity index (χ1n) is 6.76. The van der Waals surface area contributed by atoms with Gasteiger partial charge in [-0.15, -0.1) is 0 Å². The molecule has 1 heterocycles. The van der Waals surface area contributed by atoms with Crippen LogP contribution in [0.1, 0.15) is 29.8 Å². The number of amides is 1. The number of hydrogen-bond acceptors (Lipinski definition) is 4. The Morgan fingerprint density at radius 1 is 1.33 bits per heavy atom. The lowest BCUT2D eigenvalue weighted by Gasteiger charge is -2.13. The molecule has 5 nitrogen and oxygen atoms in total. The number of nitrogens with zero attached hydrogens (tertiary/aromatic N) is 1. The van der Waals surface area contributed by atoms with Gasteiger partial charge in [0.25, 0.3) is 5.91 Å². The van der Waals surface area contributed by atoms with Gasteiger partial charge >= 0.3 is 0 Å². The third-order valence-electron chi connectivity index (χ3n) is 2.73. The topological polar surface area (TPSA) is 77.2 Å². The van der Waals surface area contributed by atoms with Crippen molar-refractivity contribution in [1.29, 1.82) is 0 Å². The lowest BCUT2D eigenvalue weighted by atomic mass is 10.1. The highest BCUT2D eigenvalue weighted by Crippen LogP contribution is 2.23. The zero-order valence-corrected chi connectivity index (χ0v) is 12.4. The van der Waals surface area contributed by atoms with Crippen molar-refractivity contribution in [2.24, 2.45) is 0 Å². The van der Waals surface area contributed by atoms with E-state index in [1.54, 1.807) is 30.5 Å². The zero-order chi connectivity index (χ0) is 15.4. The molecule has 0 fully saturated rings. The monoisotopic (exact) mass is 285 g/mol. The Morgan fingerprint density at radius 2 is 2.10 bits per heavy atom. The van der Waals surface area contributed by atoms with Crippen molar-refractivity contribution < 1.29 is 9.53 Å². The summed E-state index contributed by atoms with van der Waals surface area (Å²) in [4.78, 5) is 16.4. The molecule has 2 aromatic rings. The molecule has 1 amide bonds. The molecule has 5 heteroatoms. The van der Waals surface area contributed by atoms with Crippen LogP contribution in [0.25, 0.3) is 0 Å². The SMILES string of the molecule is Cc1cc(N)cc(C(=O)Nc2cccnc2OC(C)C)c1. The summed E-state index contributed by atoms with van der Waals surface area (Å²) in [5.41, 5.74) is 8.31. The molecule has 0 aliphatic heterocycles. The predicted molar refractivity (Wildman–Crippen MR) is 83.5 cm³/mol. The fraction of sp³-hybridized carbons (Fsp3) is 0.250. The minimum Gasteiger partial charge on any atom is -0.473 e. The molecular weight excluding hydrogens is 266 g/mol. The van der Waals surface area contributed by atoms with Crippen molar-refractivity contribution in [3.8, 4) is 5.88 Å². The normalized spacial score (nSPS) is 10.5. The number of nitrogen functional groups attached to an aromatic ring is 1. The summed E-state index contributed by atoms with van der Waals surface area (Å²) in [6.07, 6.45) is 1.60. The number of nitrogens with one attached hydrogen (secondary N) is 1. The first-order valence-corrected chi connectivity index (χ1v) is 6.76. The molecule has 0 saturated heterocycles. The summed E-state index contributed by atoms with van der Waals surface area (Å²) >= 11 is 0. The van der Waals surface area contributed by atoms with Gasteiger partial charge in [0.15, 0.2) is 0 Å². The number of rotatable bonds is 4. The fourth-order valence-corrected chi connectivity index (χ4v) is 1.94. The number of ether oxygens (including phenoxy) is 1. The van der Waals surface area contributed by atoms with Gasteiger partial charge in [0, 0.05) is 17.4 Å². The first kappa shape index (κ1) is 14.8. The van der Waals surface area contributed by atoms with Crippen LogP contribution >= 0.6 is 0 Å². The Bertz CT molecular complexity index is 633. The zero-order valence-electron chi connectivity index (χ0n) is 12.4. The molecular formula is C16H19N3O2. The predicted octanol–water partition coefficient (Wildman–Crippen LogP) is 3.01. The number of aryl methyl sites for hydroxylation is 1. The maximum absolute atomic E-state index is 12.3. The van der Waals surface area contributed by atoms with Crippen molar-refractivity contribution in [3.05, 3.63) is 47.7 Å². The summed E-state index contributed by atoms with van der Waals surface area (Å²) in [5.74, 6) is 0.161. The van der Waals surface area contributed by atoms with E-state index < -0.39 is 0 Å². The highest BCUT2D eigenvalue weighted by Gasteiger charge is 2.12. The molecule has 2 rings (SSSR count). The first-order chi connectivity index (χ1) is 9.95. The smallest absolute Gasteiger partial charge is 0.255 e. The standard InChI is InChI=1S/C16H19N3O2/c1-10(2)21-16-14(5-4-6-18-16)19-15(20)12-7-11(3)8-13(17)9-12/h4-10H,17H2,1-3H3,(H,19,20). The second kappa shape index (κ2) is 6.26. The van der Waals surface area contributed by atoms with Crippen LogP contribution in [0.5, 0.6) is 5.88 Å². The molecule has 0 atom stereocenters. The van der Waals surface area contributed by atoms with Gasteiger partial charge in [0.05, 0.1) is 6.10 Å². The molecule has 1 aromatic carbocycles. The Balaban J connectivity index is 2.23. The Hall–Kier alpha value is -2.56. The third kappa shape index (κ3) is 3.95. The van der Waals surface area contributed by atoms with Crippen molar-refractivity contribution in [2.45, 2.75) is 26.9 Å². The van der Waals surface area contributed by atoms with E-state index in [-0.39, 0.29) is 12.0 Å². The van der Waals surface area contributed by atoms with Crippen molar-refractivity contribution in [3.63, 3.8) is 0 Å². The molecule has 110 valence electrons. The summed E-state index contributed by atoms with van der Waals surface area (Å²) in [6, 6.07) is 8.73. The molecule has 21 heavy (non-hydrogen) atoms. The summed E-state index contributed by atoms with van der Waals surface area (Å²) in [7, 11) is 0. The average Bonchev–Trinajstić information content (AvgIpc) is 2.39. The summed E-state index contributed by atoms with van der Waals surface area (Å²) in [6.45, 7) is 5.70. The number of nitrogens with two attached hydrogens (primary N) is 1. The number of anilines is 2. The molecule has 3 N–H and O–H groups in total. The van der Waals surface area contributed by atoms with Gasteiger partial charge in [-0.3, -0.25) is 4.79 Å². The van der Waals surface area contributed by atoms with Crippen LogP contribution < -0.4 is 15.8 Å². The number of benzene rings is 1. The van der Waals surface area contributed by atoms with E-state index in [1.807, 2.05) is 26.8 Å². The lowest BCUT2D eigenvalue weighted by Crippen LogP contribution is -2.15. The van der Waals surface area contributed by atoms with Crippen LogP contribution in [0.15, 0.2) is 36.5 Å². The molecule has 1 aromatic heterocycles. The fourth-order valence-electron chi connectivity index (χ4n) is 1.94. The third-order valence-corrected chi connectivity index (χ3v) is 2.73. The van der Waals surface area contributed by atoms with Crippen LogP contribution in [0, 0.1) is 6.92 Å². The van der Waals surface area contributed by atoms with Gasteiger partial charge in [-0.1, -0.05) is 0 Å². The quantitative estimate of drug-likeness (QED) is 0.846. The lowest BCUT2D eigenvalue weighted by molar-refractivity contribution is 0.102. The number of carbonyl (C=O) groups excluding carboxylic acids is 1. The van der Waals surface area contributed by atoms with Crippen LogP contribution in [-0.4, -0.2) is 17.0 Å². The van der Waals surface area contributed by atoms with Gasteiger partial charge in [-0.25, -0.2) is 4.98 Å². The molecule has 0 aliphatic carbocycles. The number of hydrogen-bond donors (Lipinski definition) is 2. The minimum absolute atomic E-state index is 0.0230. The van der Waals surface area contributed by atoms with Crippen LogP contribution in [-0.2, 0) is 0 Å². The van der Waals surface area contributed by atoms with Crippen LogP contribution in [0.4, 0.5) is 11.4 Å². The van der Waals surface area contributed by atoms with Crippen LogP contribution in [0.3, 0.4) is 0 Å². The highest BCUT2D eigenvalue weighted by molar-refractivity contribution is 6.05. The number of carbonyl (C=O) groups is 1. The average molecular weight is 285 g/mol. The maximum Gasteiger partial charge on any atom is 0.255 e.